The Balaban J connectivity index is 1.34. The van der Waals surface area contributed by atoms with Gasteiger partial charge < -0.3 is 9.84 Å². The van der Waals surface area contributed by atoms with Gasteiger partial charge in [-0.3, -0.25) is 4.79 Å². The van der Waals surface area contributed by atoms with Crippen LogP contribution in [0, 0.1) is 0 Å². The molecule has 32 heavy (non-hydrogen) atoms. The van der Waals surface area contributed by atoms with Crippen molar-refractivity contribution in [2.45, 2.75) is 84.0 Å². The average molecular weight is 437 g/mol. The number of carbonyl (C=O) groups excluding carboxylic acids is 1. The smallest absolute Gasteiger partial charge is 0.335 e. The summed E-state index contributed by atoms with van der Waals surface area (Å²) < 4.78 is 5.89. The number of ether oxygens (including phenoxy) is 1. The van der Waals surface area contributed by atoms with Crippen LogP contribution in [0.15, 0.2) is 36.4 Å². The summed E-state index contributed by atoms with van der Waals surface area (Å²) in [5.41, 5.74) is 2.82. The second-order valence-corrected chi connectivity index (χ2v) is 8.84. The van der Waals surface area contributed by atoms with E-state index in [-0.39, 0.29) is 11.3 Å². The first kappa shape index (κ1) is 24.0. The molecule has 0 aliphatic heterocycles. The van der Waals surface area contributed by atoms with Gasteiger partial charge in [0, 0.05) is 11.1 Å². The van der Waals surface area contributed by atoms with E-state index in [1.54, 1.807) is 18.2 Å². The van der Waals surface area contributed by atoms with Crippen molar-refractivity contribution in [1.82, 2.24) is 0 Å². The number of carboxylic acids is 1. The van der Waals surface area contributed by atoms with Crippen LogP contribution >= 0.6 is 0 Å². The van der Waals surface area contributed by atoms with Crippen LogP contribution in [0.4, 0.5) is 0 Å². The minimum Gasteiger partial charge on any atom is -0.494 e. The maximum Gasteiger partial charge on any atom is 0.335 e. The first-order chi connectivity index (χ1) is 15.6. The van der Waals surface area contributed by atoms with Gasteiger partial charge in [0.15, 0.2) is 5.78 Å². The minimum absolute atomic E-state index is 0.131. The Morgan fingerprint density at radius 1 is 0.719 bits per heavy atom. The fourth-order valence-corrected chi connectivity index (χ4v) is 4.41. The van der Waals surface area contributed by atoms with Crippen LogP contribution in [0.2, 0.25) is 0 Å². The number of fused-ring (bicyclic) bond motifs is 3. The molecule has 0 amide bonds. The van der Waals surface area contributed by atoms with Gasteiger partial charge in [0.05, 0.1) is 12.2 Å². The molecule has 1 aliphatic rings. The summed E-state index contributed by atoms with van der Waals surface area (Å²) in [6.45, 7) is 2.91. The van der Waals surface area contributed by atoms with Crippen molar-refractivity contribution >= 4 is 11.8 Å². The van der Waals surface area contributed by atoms with Crippen molar-refractivity contribution in [2.75, 3.05) is 6.61 Å². The molecule has 2 aromatic rings. The summed E-state index contributed by atoms with van der Waals surface area (Å²) in [5, 5.41) is 9.18. The molecule has 1 N–H and O–H groups in total. The second kappa shape index (κ2) is 12.4. The molecule has 4 heteroatoms. The molecule has 172 valence electrons. The number of hydrogen-bond acceptors (Lipinski definition) is 3. The molecule has 0 radical (unpaired) electrons. The summed E-state index contributed by atoms with van der Waals surface area (Å²) in [6.07, 6.45) is 15.7. The molecule has 0 heterocycles. The lowest BCUT2D eigenvalue weighted by Crippen LogP contribution is -2.01. The SMILES string of the molecule is CCCCCCCCCCCCCCOc1ccc2c(c1)C(=O)c1cc(C(=O)O)ccc1-2. The standard InChI is InChI=1S/C28H36O4/c1-2-3-4-5-6-7-8-9-10-11-12-13-18-32-22-15-17-24-23-16-14-21(28(30)31)19-25(23)27(29)26(24)20-22/h14-17,19-20H,2-13,18H2,1H3,(H,30,31). The van der Waals surface area contributed by atoms with E-state index in [1.807, 2.05) is 12.1 Å². The van der Waals surface area contributed by atoms with Crippen LogP contribution in [0.1, 0.15) is 110 Å². The Bertz CT molecular complexity index is 916. The van der Waals surface area contributed by atoms with Crippen molar-refractivity contribution in [2.24, 2.45) is 0 Å². The van der Waals surface area contributed by atoms with E-state index >= 15 is 0 Å². The molecule has 0 saturated carbocycles. The number of carboxylic acid groups (broad SMARTS) is 1. The topological polar surface area (TPSA) is 63.6 Å². The molecule has 0 spiro atoms. The van der Waals surface area contributed by atoms with Gasteiger partial charge in [-0.05, 0) is 47.9 Å². The lowest BCUT2D eigenvalue weighted by atomic mass is 10.0. The Kier molecular flexibility index (Phi) is 9.33. The van der Waals surface area contributed by atoms with Gasteiger partial charge in [-0.2, -0.15) is 0 Å². The van der Waals surface area contributed by atoms with E-state index in [4.69, 9.17) is 4.74 Å². The third-order valence-electron chi connectivity index (χ3n) is 6.30. The van der Waals surface area contributed by atoms with Gasteiger partial charge in [-0.15, -0.1) is 0 Å². The summed E-state index contributed by atoms with van der Waals surface area (Å²) in [5.74, 6) is -0.455. The number of carbonyl (C=O) groups is 2. The molecule has 0 unspecified atom stereocenters. The van der Waals surface area contributed by atoms with Crippen molar-refractivity contribution in [3.05, 3.63) is 53.1 Å². The number of ketones is 1. The van der Waals surface area contributed by atoms with Crippen molar-refractivity contribution in [1.29, 1.82) is 0 Å². The Hall–Kier alpha value is -2.62. The normalized spacial score (nSPS) is 12.0. The summed E-state index contributed by atoms with van der Waals surface area (Å²) in [7, 11) is 0. The van der Waals surface area contributed by atoms with Gasteiger partial charge in [0.2, 0.25) is 0 Å². The largest absolute Gasteiger partial charge is 0.494 e. The number of hydrogen-bond donors (Lipinski definition) is 1. The van der Waals surface area contributed by atoms with Gasteiger partial charge >= 0.3 is 5.97 Å². The number of aromatic carboxylic acids is 1. The molecule has 0 saturated heterocycles. The lowest BCUT2D eigenvalue weighted by Gasteiger charge is -2.08. The van der Waals surface area contributed by atoms with E-state index in [0.717, 1.165) is 17.5 Å². The molecule has 2 aromatic carbocycles. The van der Waals surface area contributed by atoms with Gasteiger partial charge in [-0.1, -0.05) is 83.6 Å². The van der Waals surface area contributed by atoms with Crippen LogP contribution in [0.25, 0.3) is 11.1 Å². The average Bonchev–Trinajstić information content (AvgIpc) is 3.08. The monoisotopic (exact) mass is 436 g/mol. The van der Waals surface area contributed by atoms with Crippen LogP contribution < -0.4 is 4.74 Å². The summed E-state index contributed by atoms with van der Waals surface area (Å²) in [4.78, 5) is 24.0. The Morgan fingerprint density at radius 3 is 1.84 bits per heavy atom. The van der Waals surface area contributed by atoms with E-state index in [0.29, 0.717) is 23.5 Å². The van der Waals surface area contributed by atoms with Crippen molar-refractivity contribution in [3.63, 3.8) is 0 Å². The van der Waals surface area contributed by atoms with Crippen LogP contribution in [-0.2, 0) is 0 Å². The molecule has 4 nitrogen and oxygen atoms in total. The highest BCUT2D eigenvalue weighted by Gasteiger charge is 2.28. The second-order valence-electron chi connectivity index (χ2n) is 8.84. The summed E-state index contributed by atoms with van der Waals surface area (Å²) >= 11 is 0. The number of rotatable bonds is 15. The van der Waals surface area contributed by atoms with E-state index in [2.05, 4.69) is 6.92 Å². The van der Waals surface area contributed by atoms with E-state index in [9.17, 15) is 14.7 Å². The molecule has 3 rings (SSSR count). The van der Waals surface area contributed by atoms with Crippen LogP contribution in [-0.4, -0.2) is 23.5 Å². The fourth-order valence-electron chi connectivity index (χ4n) is 4.41. The van der Waals surface area contributed by atoms with Crippen molar-refractivity contribution in [3.8, 4) is 16.9 Å². The predicted molar refractivity (Wildman–Crippen MR) is 129 cm³/mol. The zero-order chi connectivity index (χ0) is 22.8. The predicted octanol–water partition coefficient (Wildman–Crippen LogP) is 7.68. The number of unbranched alkanes of at least 4 members (excludes halogenated alkanes) is 11. The maximum absolute atomic E-state index is 12.8. The fraction of sp³-hybridized carbons (Fsp3) is 0.500. The zero-order valence-electron chi connectivity index (χ0n) is 19.3. The third kappa shape index (κ3) is 6.44. The molecular weight excluding hydrogens is 400 g/mol. The van der Waals surface area contributed by atoms with Gasteiger partial charge in [0.1, 0.15) is 5.75 Å². The molecule has 0 atom stereocenters. The highest BCUT2D eigenvalue weighted by Crippen LogP contribution is 2.38. The lowest BCUT2D eigenvalue weighted by molar-refractivity contribution is 0.0697. The quantitative estimate of drug-likeness (QED) is 0.248. The van der Waals surface area contributed by atoms with Gasteiger partial charge in [-0.25, -0.2) is 4.79 Å². The Labute approximate surface area is 192 Å². The number of benzene rings is 2. The van der Waals surface area contributed by atoms with Gasteiger partial charge in [0.25, 0.3) is 0 Å². The highest BCUT2D eigenvalue weighted by molar-refractivity contribution is 6.22. The Morgan fingerprint density at radius 2 is 1.25 bits per heavy atom. The minimum atomic E-state index is -1.03. The molecule has 0 fully saturated rings. The first-order valence-electron chi connectivity index (χ1n) is 12.3. The van der Waals surface area contributed by atoms with E-state index < -0.39 is 5.97 Å². The molecule has 1 aliphatic carbocycles. The van der Waals surface area contributed by atoms with Crippen LogP contribution in [0.3, 0.4) is 0 Å². The van der Waals surface area contributed by atoms with E-state index in [1.165, 1.54) is 76.7 Å². The first-order valence-corrected chi connectivity index (χ1v) is 12.3. The highest BCUT2D eigenvalue weighted by atomic mass is 16.5. The maximum atomic E-state index is 12.8. The molecule has 0 aromatic heterocycles. The zero-order valence-corrected chi connectivity index (χ0v) is 19.3. The third-order valence-corrected chi connectivity index (χ3v) is 6.30. The molecular formula is C28H36O4. The summed E-state index contributed by atoms with van der Waals surface area (Å²) in [6, 6.07) is 10.3. The van der Waals surface area contributed by atoms with Crippen LogP contribution in [0.5, 0.6) is 5.75 Å². The van der Waals surface area contributed by atoms with Crippen molar-refractivity contribution < 1.29 is 19.4 Å². The molecule has 0 bridgehead atoms.